The lowest BCUT2D eigenvalue weighted by atomic mass is 9.84. The lowest BCUT2D eigenvalue weighted by Crippen LogP contribution is -2.14. The molecule has 0 atom stereocenters. The van der Waals surface area contributed by atoms with Crippen LogP contribution in [0.1, 0.15) is 119 Å². The molecule has 2 nitrogen and oxygen atoms in total. The Balaban J connectivity index is -0.000000975. The highest BCUT2D eigenvalue weighted by Gasteiger charge is 2.23. The van der Waals surface area contributed by atoms with E-state index in [1.807, 2.05) is 67.5 Å². The van der Waals surface area contributed by atoms with E-state index in [0.29, 0.717) is 0 Å². The zero-order chi connectivity index (χ0) is 35.9. The first-order valence-corrected chi connectivity index (χ1v) is 17.7. The number of aryl methyl sites for hydroxylation is 1. The van der Waals surface area contributed by atoms with E-state index in [2.05, 4.69) is 132 Å². The summed E-state index contributed by atoms with van der Waals surface area (Å²) in [5.74, 6) is 0. The molecule has 2 aromatic carbocycles. The number of benzene rings is 2. The molecule has 256 valence electrons. The molecule has 0 amide bonds. The van der Waals surface area contributed by atoms with Gasteiger partial charge < -0.3 is 10.6 Å². The Kier molecular flexibility index (Phi) is 31.9. The number of nitrogens with one attached hydrogen (secondary N) is 2. The van der Waals surface area contributed by atoms with Crippen LogP contribution >= 0.6 is 0 Å². The van der Waals surface area contributed by atoms with E-state index < -0.39 is 0 Å². The second kappa shape index (κ2) is 31.4. The zero-order valence-corrected chi connectivity index (χ0v) is 32.2. The Bertz CT molecular complexity index is 1220. The van der Waals surface area contributed by atoms with Crippen LogP contribution in [-0.2, 0) is 0 Å². The average molecular weight is 627 g/mol. The van der Waals surface area contributed by atoms with Gasteiger partial charge in [-0.05, 0) is 75.5 Å². The van der Waals surface area contributed by atoms with E-state index in [1.165, 1.54) is 43.5 Å². The number of fused-ring (bicyclic) bond motifs is 1. The predicted molar refractivity (Wildman–Crippen MR) is 216 cm³/mol. The summed E-state index contributed by atoms with van der Waals surface area (Å²) in [6.45, 7) is 41.7. The quantitative estimate of drug-likeness (QED) is 0.202. The van der Waals surface area contributed by atoms with Crippen molar-refractivity contribution in [2.75, 3.05) is 18.4 Å². The van der Waals surface area contributed by atoms with Crippen LogP contribution < -0.4 is 10.6 Å². The van der Waals surface area contributed by atoms with Crippen LogP contribution in [0.15, 0.2) is 127 Å². The molecule has 46 heavy (non-hydrogen) atoms. The molecule has 1 heterocycles. The predicted octanol–water partition coefficient (Wildman–Crippen LogP) is 13.8. The second-order valence-electron chi connectivity index (χ2n) is 10.1. The molecule has 0 saturated heterocycles. The van der Waals surface area contributed by atoms with E-state index in [1.54, 1.807) is 0 Å². The molecule has 3 rings (SSSR count). The molecular formula is C44H70N2. The maximum Gasteiger partial charge on any atom is 0.0464 e. The van der Waals surface area contributed by atoms with Crippen LogP contribution in [0, 0.1) is 6.92 Å². The van der Waals surface area contributed by atoms with Crippen LogP contribution in [0.2, 0.25) is 0 Å². The highest BCUT2D eigenvalue weighted by atomic mass is 14.9. The van der Waals surface area contributed by atoms with Gasteiger partial charge in [0.05, 0.1) is 0 Å². The molecule has 0 aliphatic carbocycles. The first kappa shape index (κ1) is 46.8. The third-order valence-corrected chi connectivity index (χ3v) is 5.89. The SMILES string of the molecule is C=C(C)\C=C/C(/C=C/C(=C)C1=C(c2ccccc2)c2cc(C)ccc2NC1=C)=C\C.CC.CC.CC.CCC.CCCNCCC. The van der Waals surface area contributed by atoms with Gasteiger partial charge in [0.15, 0.2) is 0 Å². The fourth-order valence-electron chi connectivity index (χ4n) is 3.99. The maximum atomic E-state index is 4.39. The van der Waals surface area contributed by atoms with Crippen molar-refractivity contribution in [2.24, 2.45) is 0 Å². The monoisotopic (exact) mass is 627 g/mol. The summed E-state index contributed by atoms with van der Waals surface area (Å²) >= 11 is 0. The molecule has 1 aliphatic rings. The summed E-state index contributed by atoms with van der Waals surface area (Å²) in [6, 6.07) is 16.9. The number of rotatable bonds is 10. The average Bonchev–Trinajstić information content (AvgIpc) is 3.08. The maximum absolute atomic E-state index is 4.39. The minimum absolute atomic E-state index is 0.861. The molecule has 0 saturated carbocycles. The number of allylic oxidation sites excluding steroid dienone is 8. The van der Waals surface area contributed by atoms with Gasteiger partial charge >= 0.3 is 0 Å². The largest absolute Gasteiger partial charge is 0.355 e. The lowest BCUT2D eigenvalue weighted by Gasteiger charge is -2.28. The zero-order valence-electron chi connectivity index (χ0n) is 32.2. The summed E-state index contributed by atoms with van der Waals surface area (Å²) in [6.07, 6.45) is 14.0. The van der Waals surface area contributed by atoms with Crippen molar-refractivity contribution >= 4 is 11.3 Å². The third kappa shape index (κ3) is 19.0. The van der Waals surface area contributed by atoms with Crippen LogP contribution in [0.5, 0.6) is 0 Å². The number of anilines is 1. The third-order valence-electron chi connectivity index (χ3n) is 5.89. The van der Waals surface area contributed by atoms with Gasteiger partial charge in [-0.3, -0.25) is 0 Å². The van der Waals surface area contributed by atoms with Crippen LogP contribution in [-0.4, -0.2) is 13.1 Å². The molecule has 1 aliphatic heterocycles. The van der Waals surface area contributed by atoms with E-state index in [9.17, 15) is 0 Å². The Hall–Kier alpha value is -3.62. The van der Waals surface area contributed by atoms with Crippen molar-refractivity contribution in [1.82, 2.24) is 5.32 Å². The smallest absolute Gasteiger partial charge is 0.0464 e. The molecule has 0 spiro atoms. The topological polar surface area (TPSA) is 24.1 Å². The molecule has 2 aromatic rings. The fraction of sp³-hybridized carbons (Fsp3) is 0.409. The minimum atomic E-state index is 0.861. The molecule has 0 unspecified atom stereocenters. The highest BCUT2D eigenvalue weighted by Crippen LogP contribution is 2.42. The van der Waals surface area contributed by atoms with Crippen LogP contribution in [0.4, 0.5) is 5.69 Å². The van der Waals surface area contributed by atoms with Crippen molar-refractivity contribution in [2.45, 2.75) is 109 Å². The number of hydrogen-bond acceptors (Lipinski definition) is 2. The van der Waals surface area contributed by atoms with Crippen LogP contribution in [0.3, 0.4) is 0 Å². The summed E-state index contributed by atoms with van der Waals surface area (Å²) in [7, 11) is 0. The van der Waals surface area contributed by atoms with Gasteiger partial charge in [0.1, 0.15) is 0 Å². The molecule has 0 radical (unpaired) electrons. The Labute approximate surface area is 286 Å². The first-order valence-electron chi connectivity index (χ1n) is 17.7. The molecule has 0 fully saturated rings. The van der Waals surface area contributed by atoms with Crippen molar-refractivity contribution < 1.29 is 0 Å². The highest BCUT2D eigenvalue weighted by molar-refractivity contribution is 5.96. The molecule has 2 N–H and O–H groups in total. The fourth-order valence-corrected chi connectivity index (χ4v) is 3.99. The Morgan fingerprint density at radius 2 is 1.30 bits per heavy atom. The van der Waals surface area contributed by atoms with Gasteiger partial charge in [-0.25, -0.2) is 0 Å². The lowest BCUT2D eigenvalue weighted by molar-refractivity contribution is 0.662. The molecule has 0 aromatic heterocycles. The van der Waals surface area contributed by atoms with Gasteiger partial charge in [-0.2, -0.15) is 0 Å². The summed E-state index contributed by atoms with van der Waals surface area (Å²) in [5, 5.41) is 6.76. The Morgan fingerprint density at radius 3 is 1.78 bits per heavy atom. The summed E-state index contributed by atoms with van der Waals surface area (Å²) in [5.41, 5.74) is 10.7. The minimum Gasteiger partial charge on any atom is -0.355 e. The first-order chi connectivity index (χ1) is 22.2. The second-order valence-corrected chi connectivity index (χ2v) is 10.1. The molecular weight excluding hydrogens is 556 g/mol. The van der Waals surface area contributed by atoms with Gasteiger partial charge in [-0.1, -0.05) is 173 Å². The van der Waals surface area contributed by atoms with E-state index in [0.717, 1.165) is 44.8 Å². The Morgan fingerprint density at radius 1 is 0.783 bits per heavy atom. The van der Waals surface area contributed by atoms with Crippen molar-refractivity contribution in [3.63, 3.8) is 0 Å². The van der Waals surface area contributed by atoms with Crippen molar-refractivity contribution in [3.8, 4) is 0 Å². The standard InChI is InChI=1S/C29H29N.C6H15N.C3H8.3C2H6/c1-7-24(16-13-20(2)3)17-15-22(5)28-23(6)30-27-18-14-21(4)19-26(27)29(28)25-11-9-8-10-12-25;1-3-5-7-6-4-2;1-3-2;3*1-2/h7-19,30H,2,5-6H2,1,3-4H3;7H,3-6H2,1-2H3;3H2,1-2H3;3*1-2H3/b16-13-,17-15+,24-7+;;;;;. The normalized spacial score (nSPS) is 11.5. The van der Waals surface area contributed by atoms with Gasteiger partial charge in [0, 0.05) is 28.1 Å². The van der Waals surface area contributed by atoms with Crippen LogP contribution in [0.25, 0.3) is 5.57 Å². The summed E-state index contributed by atoms with van der Waals surface area (Å²) < 4.78 is 0. The van der Waals surface area contributed by atoms with Crippen molar-refractivity contribution in [1.29, 1.82) is 0 Å². The summed E-state index contributed by atoms with van der Waals surface area (Å²) in [4.78, 5) is 0. The van der Waals surface area contributed by atoms with Crippen molar-refractivity contribution in [3.05, 3.63) is 143 Å². The van der Waals surface area contributed by atoms with E-state index in [4.69, 9.17) is 0 Å². The van der Waals surface area contributed by atoms with Gasteiger partial charge in [0.2, 0.25) is 0 Å². The van der Waals surface area contributed by atoms with Gasteiger partial charge in [-0.15, -0.1) is 0 Å². The number of hydrogen-bond donors (Lipinski definition) is 2. The van der Waals surface area contributed by atoms with Gasteiger partial charge in [0.25, 0.3) is 0 Å². The van der Waals surface area contributed by atoms with E-state index >= 15 is 0 Å². The molecule has 2 heteroatoms. The molecule has 0 bridgehead atoms. The van der Waals surface area contributed by atoms with E-state index in [-0.39, 0.29) is 0 Å².